The molecule has 162 valence electrons. The van der Waals surface area contributed by atoms with Crippen LogP contribution in [0.5, 0.6) is 0 Å². The summed E-state index contributed by atoms with van der Waals surface area (Å²) < 4.78 is 0. The van der Waals surface area contributed by atoms with Gasteiger partial charge in [-0.1, -0.05) is 25.0 Å². The summed E-state index contributed by atoms with van der Waals surface area (Å²) in [6, 6.07) is 5.75. The number of carbonyl (C=O) groups excluding carboxylic acids is 2. The normalized spacial score (nSPS) is 18.8. The summed E-state index contributed by atoms with van der Waals surface area (Å²) >= 11 is 0. The second kappa shape index (κ2) is 7.40. The molecule has 5 rings (SSSR count). The fourth-order valence-corrected chi connectivity index (χ4v) is 4.65. The summed E-state index contributed by atoms with van der Waals surface area (Å²) in [5.41, 5.74) is 5.01. The van der Waals surface area contributed by atoms with E-state index in [1.807, 2.05) is 32.0 Å². The number of hydrogen-bond acceptors (Lipinski definition) is 5. The highest BCUT2D eigenvalue weighted by Crippen LogP contribution is 2.35. The molecule has 1 saturated carbocycles. The lowest BCUT2D eigenvalue weighted by Gasteiger charge is -2.32. The van der Waals surface area contributed by atoms with E-state index in [2.05, 4.69) is 31.0 Å². The first kappa shape index (κ1) is 19.6. The Bertz CT molecular complexity index is 1160. The maximum atomic E-state index is 12.5. The van der Waals surface area contributed by atoms with E-state index < -0.39 is 0 Å². The number of para-hydroxylation sites is 1. The van der Waals surface area contributed by atoms with Crippen LogP contribution < -0.4 is 16.1 Å². The van der Waals surface area contributed by atoms with Crippen LogP contribution in [0.1, 0.15) is 52.4 Å². The molecular formula is C22H27N7O2. The van der Waals surface area contributed by atoms with Crippen LogP contribution in [0.3, 0.4) is 0 Å². The third-order valence-corrected chi connectivity index (χ3v) is 6.39. The summed E-state index contributed by atoms with van der Waals surface area (Å²) in [6.07, 6.45) is 7.13. The van der Waals surface area contributed by atoms with Crippen LogP contribution in [0.4, 0.5) is 16.3 Å². The molecule has 0 spiro atoms. The average Bonchev–Trinajstić information content (AvgIpc) is 3.43. The minimum Gasteiger partial charge on any atom is -0.337 e. The fraction of sp³-hybridized carbons (Fsp3) is 0.455. The van der Waals surface area contributed by atoms with Crippen molar-refractivity contribution in [3.05, 3.63) is 24.5 Å². The van der Waals surface area contributed by atoms with Crippen molar-refractivity contribution in [1.29, 1.82) is 0 Å². The number of fused-ring (bicyclic) bond motifs is 3. The average molecular weight is 422 g/mol. The van der Waals surface area contributed by atoms with Crippen molar-refractivity contribution in [2.45, 2.75) is 64.0 Å². The quantitative estimate of drug-likeness (QED) is 0.510. The summed E-state index contributed by atoms with van der Waals surface area (Å²) in [5, 5.41) is 9.34. The van der Waals surface area contributed by atoms with E-state index in [1.165, 1.54) is 6.33 Å². The molecule has 0 atom stereocenters. The van der Waals surface area contributed by atoms with Gasteiger partial charge in [0.2, 0.25) is 5.91 Å². The third kappa shape index (κ3) is 3.54. The van der Waals surface area contributed by atoms with Gasteiger partial charge in [0, 0.05) is 17.8 Å². The Morgan fingerprint density at radius 1 is 1.23 bits per heavy atom. The molecule has 4 N–H and O–H groups in total. The van der Waals surface area contributed by atoms with Crippen LogP contribution in [0.25, 0.3) is 21.9 Å². The van der Waals surface area contributed by atoms with E-state index in [1.54, 1.807) is 5.01 Å². The number of hydrogen-bond donors (Lipinski definition) is 4. The van der Waals surface area contributed by atoms with E-state index in [-0.39, 0.29) is 23.5 Å². The number of anilines is 2. The molecule has 3 amide bonds. The van der Waals surface area contributed by atoms with Crippen LogP contribution in [0, 0.1) is 0 Å². The number of nitrogens with one attached hydrogen (secondary N) is 4. The Morgan fingerprint density at radius 3 is 2.77 bits per heavy atom. The zero-order valence-electron chi connectivity index (χ0n) is 17.8. The summed E-state index contributed by atoms with van der Waals surface area (Å²) in [5.74, 6) is 0.606. The van der Waals surface area contributed by atoms with Gasteiger partial charge in [-0.2, -0.15) is 0 Å². The molecule has 2 fully saturated rings. The largest absolute Gasteiger partial charge is 0.337 e. The monoisotopic (exact) mass is 421 g/mol. The van der Waals surface area contributed by atoms with E-state index in [9.17, 15) is 9.59 Å². The molecule has 2 aromatic heterocycles. The summed E-state index contributed by atoms with van der Waals surface area (Å²) in [7, 11) is 0. The molecule has 1 saturated heterocycles. The van der Waals surface area contributed by atoms with Crippen molar-refractivity contribution in [1.82, 2.24) is 25.3 Å². The van der Waals surface area contributed by atoms with Crippen molar-refractivity contribution < 1.29 is 9.59 Å². The number of benzene rings is 1. The van der Waals surface area contributed by atoms with Crippen LogP contribution in [0.2, 0.25) is 0 Å². The minimum atomic E-state index is -0.300. The van der Waals surface area contributed by atoms with Crippen molar-refractivity contribution in [2.75, 3.05) is 10.7 Å². The van der Waals surface area contributed by atoms with Gasteiger partial charge in [0.15, 0.2) is 5.82 Å². The van der Waals surface area contributed by atoms with Crippen LogP contribution in [-0.4, -0.2) is 43.5 Å². The van der Waals surface area contributed by atoms with Gasteiger partial charge in [-0.3, -0.25) is 10.2 Å². The molecule has 2 aliphatic rings. The van der Waals surface area contributed by atoms with E-state index >= 15 is 0 Å². The van der Waals surface area contributed by atoms with Crippen molar-refractivity contribution in [2.24, 2.45) is 0 Å². The minimum absolute atomic E-state index is 0.0440. The number of H-pyrrole nitrogens is 1. The fourth-order valence-electron chi connectivity index (χ4n) is 4.65. The lowest BCUT2D eigenvalue weighted by Crippen LogP contribution is -2.45. The lowest BCUT2D eigenvalue weighted by atomic mass is 10.0. The number of carbonyl (C=O) groups is 2. The van der Waals surface area contributed by atoms with Crippen LogP contribution >= 0.6 is 0 Å². The molecule has 0 radical (unpaired) electrons. The zero-order valence-corrected chi connectivity index (χ0v) is 17.8. The SMILES string of the molecule is CC1(C)CCC(=O)N1Nc1ncnc2[nH]c3c(NC(=O)NC4CCCC4)cccc3c12. The molecule has 1 aliphatic heterocycles. The van der Waals surface area contributed by atoms with Crippen LogP contribution in [-0.2, 0) is 4.79 Å². The summed E-state index contributed by atoms with van der Waals surface area (Å²) in [4.78, 5) is 37.0. The Balaban J connectivity index is 1.49. The number of urea groups is 1. The first-order valence-electron chi connectivity index (χ1n) is 10.8. The molecule has 9 nitrogen and oxygen atoms in total. The second-order valence-electron chi connectivity index (χ2n) is 9.03. The number of aromatic nitrogens is 3. The number of hydrazine groups is 1. The summed E-state index contributed by atoms with van der Waals surface area (Å²) in [6.45, 7) is 4.06. The lowest BCUT2D eigenvalue weighted by molar-refractivity contribution is -0.129. The van der Waals surface area contributed by atoms with E-state index in [4.69, 9.17) is 0 Å². The highest BCUT2D eigenvalue weighted by molar-refractivity contribution is 6.15. The molecule has 1 aromatic carbocycles. The number of amides is 3. The second-order valence-corrected chi connectivity index (χ2v) is 9.03. The highest BCUT2D eigenvalue weighted by Gasteiger charge is 2.38. The van der Waals surface area contributed by atoms with Crippen molar-refractivity contribution >= 4 is 45.4 Å². The van der Waals surface area contributed by atoms with E-state index in [0.717, 1.165) is 48.4 Å². The maximum absolute atomic E-state index is 12.5. The standard InChI is InChI=1S/C22H27N7O2/c1-22(2)11-10-16(30)29(22)28-20-17-14-8-5-9-15(18(14)27-19(17)23-12-24-20)26-21(31)25-13-6-3-4-7-13/h5,8-9,12-13H,3-4,6-7,10-11H2,1-2H3,(H2,25,26,31)(H2,23,24,27,28). The number of rotatable bonds is 4. The number of aromatic amines is 1. The highest BCUT2D eigenvalue weighted by atomic mass is 16.2. The van der Waals surface area contributed by atoms with Gasteiger partial charge in [-0.15, -0.1) is 0 Å². The number of nitrogens with zero attached hydrogens (tertiary/aromatic N) is 3. The first-order chi connectivity index (χ1) is 14.9. The molecule has 1 aliphatic carbocycles. The molecule has 31 heavy (non-hydrogen) atoms. The Morgan fingerprint density at radius 2 is 2.03 bits per heavy atom. The molecule has 9 heteroatoms. The smallest absolute Gasteiger partial charge is 0.319 e. The predicted octanol–water partition coefficient (Wildman–Crippen LogP) is 3.90. The predicted molar refractivity (Wildman–Crippen MR) is 120 cm³/mol. The topological polar surface area (TPSA) is 115 Å². The van der Waals surface area contributed by atoms with Gasteiger partial charge in [0.1, 0.15) is 12.0 Å². The molecular weight excluding hydrogens is 394 g/mol. The van der Waals surface area contributed by atoms with Gasteiger partial charge in [0.25, 0.3) is 0 Å². The maximum Gasteiger partial charge on any atom is 0.319 e. The van der Waals surface area contributed by atoms with Gasteiger partial charge < -0.3 is 15.6 Å². The Kier molecular flexibility index (Phi) is 4.68. The van der Waals surface area contributed by atoms with Crippen LogP contribution in [0.15, 0.2) is 24.5 Å². The molecule has 3 aromatic rings. The van der Waals surface area contributed by atoms with E-state index in [0.29, 0.717) is 23.6 Å². The molecule has 0 unspecified atom stereocenters. The van der Waals surface area contributed by atoms with Gasteiger partial charge in [-0.05, 0) is 39.2 Å². The third-order valence-electron chi connectivity index (χ3n) is 6.39. The first-order valence-corrected chi connectivity index (χ1v) is 10.8. The van der Waals surface area contributed by atoms with Gasteiger partial charge in [0.05, 0.1) is 22.1 Å². The molecule has 0 bridgehead atoms. The van der Waals surface area contributed by atoms with Gasteiger partial charge >= 0.3 is 6.03 Å². The Labute approximate surface area is 180 Å². The Hall–Kier alpha value is -3.36. The van der Waals surface area contributed by atoms with Gasteiger partial charge in [-0.25, -0.2) is 19.8 Å². The van der Waals surface area contributed by atoms with Crippen molar-refractivity contribution in [3.8, 4) is 0 Å². The zero-order chi connectivity index (χ0) is 21.6. The van der Waals surface area contributed by atoms with Crippen molar-refractivity contribution in [3.63, 3.8) is 0 Å². The molecule has 3 heterocycles.